The van der Waals surface area contributed by atoms with Gasteiger partial charge in [0.1, 0.15) is 17.4 Å². The van der Waals surface area contributed by atoms with Crippen molar-refractivity contribution in [2.45, 2.75) is 69.2 Å². The van der Waals surface area contributed by atoms with E-state index in [1.54, 1.807) is 4.90 Å². The maximum absolute atomic E-state index is 13.2. The number of carbonyl (C=O) groups excluding carboxylic acids is 3. The molecule has 288 valence electrons. The molecule has 5 aliphatic heterocycles. The summed E-state index contributed by atoms with van der Waals surface area (Å²) in [6.07, 6.45) is 4.95. The summed E-state index contributed by atoms with van der Waals surface area (Å²) in [5.74, 6) is 0.250. The fourth-order valence-corrected chi connectivity index (χ4v) is 10.6. The number of nitrogens with zero attached hydrogens (tertiary/aromatic N) is 4. The predicted molar refractivity (Wildman–Crippen MR) is 214 cm³/mol. The van der Waals surface area contributed by atoms with Crippen molar-refractivity contribution in [3.8, 4) is 5.75 Å². The van der Waals surface area contributed by atoms with Gasteiger partial charge in [-0.2, -0.15) is 0 Å². The van der Waals surface area contributed by atoms with Gasteiger partial charge in [0.25, 0.3) is 5.91 Å². The Morgan fingerprint density at radius 2 is 1.52 bits per heavy atom. The minimum atomic E-state index is -0.589. The van der Waals surface area contributed by atoms with Gasteiger partial charge in [0.2, 0.25) is 11.8 Å². The third-order valence-corrected chi connectivity index (χ3v) is 13.6. The Hall–Kier alpha value is -5.19. The van der Waals surface area contributed by atoms with E-state index in [1.807, 2.05) is 24.3 Å². The summed E-state index contributed by atoms with van der Waals surface area (Å²) in [6, 6.07) is 29.3. The molecule has 1 aliphatic carbocycles. The van der Waals surface area contributed by atoms with Gasteiger partial charge in [0.05, 0.1) is 6.61 Å². The first-order valence-electron chi connectivity index (χ1n) is 20.5. The quantitative estimate of drug-likeness (QED) is 0.242. The molecule has 4 aromatic rings. The maximum Gasteiger partial charge on any atom is 0.255 e. The van der Waals surface area contributed by atoms with Gasteiger partial charge >= 0.3 is 0 Å². The molecule has 10 heteroatoms. The Labute approximate surface area is 328 Å². The van der Waals surface area contributed by atoms with Crippen LogP contribution in [0.4, 0.5) is 11.4 Å². The molecular weight excluding hydrogens is 703 g/mol. The summed E-state index contributed by atoms with van der Waals surface area (Å²) >= 11 is 0. The SMILES string of the molecule is O=C1CC[C@H](N2Cc3cc(N4CCN(CC5CCN(c6ccc([C@H]7c8ccc(O)cc8CO[C@]78CCc7ccccc78)cc6)CC5)CC4)ccc3C2=O)C(=O)N1. The molecule has 10 rings (SSSR count). The standard InChI is InChI=1S/C46H49N5O5/c52-37-10-12-38-34(26-37)29-56-46(18-15-31-3-1-2-4-40(31)46)43(38)32-5-7-35(8-6-32)49-19-16-30(17-20-49)27-48-21-23-50(24-22-48)36-9-11-39-33(25-36)28-51(45(39)55)41-13-14-42(53)47-44(41)54/h1-12,25-26,30,41,43,52H,13-24,27-29H2,(H,47,53,54)/t41-,43-,46-/m0/s1. The van der Waals surface area contributed by atoms with Crippen molar-refractivity contribution in [2.75, 3.05) is 55.6 Å². The molecule has 3 saturated heterocycles. The van der Waals surface area contributed by atoms with Gasteiger partial charge in [-0.1, -0.05) is 42.5 Å². The van der Waals surface area contributed by atoms with Crippen LogP contribution in [0.1, 0.15) is 81.8 Å². The number of rotatable bonds is 6. The van der Waals surface area contributed by atoms with Crippen molar-refractivity contribution >= 4 is 29.1 Å². The summed E-state index contributed by atoms with van der Waals surface area (Å²) in [6.45, 7) is 8.06. The fraction of sp³-hybridized carbons (Fsp3) is 0.413. The number of anilines is 2. The van der Waals surface area contributed by atoms with Crippen molar-refractivity contribution in [1.29, 1.82) is 0 Å². The lowest BCUT2D eigenvalue weighted by Crippen LogP contribution is -2.52. The predicted octanol–water partition coefficient (Wildman–Crippen LogP) is 5.70. The molecule has 56 heavy (non-hydrogen) atoms. The fourth-order valence-electron chi connectivity index (χ4n) is 10.6. The second-order valence-corrected chi connectivity index (χ2v) is 16.7. The smallest absolute Gasteiger partial charge is 0.255 e. The summed E-state index contributed by atoms with van der Waals surface area (Å²) in [4.78, 5) is 46.5. The molecule has 3 atom stereocenters. The number of aryl methyl sites for hydroxylation is 1. The Balaban J connectivity index is 0.747. The van der Waals surface area contributed by atoms with Crippen LogP contribution in [0.3, 0.4) is 0 Å². The van der Waals surface area contributed by atoms with Gasteiger partial charge in [-0.05, 0) is 114 Å². The van der Waals surface area contributed by atoms with Crippen molar-refractivity contribution < 1.29 is 24.2 Å². The van der Waals surface area contributed by atoms with E-state index in [0.29, 0.717) is 31.1 Å². The van der Waals surface area contributed by atoms with E-state index >= 15 is 0 Å². The van der Waals surface area contributed by atoms with Gasteiger partial charge in [-0.25, -0.2) is 0 Å². The van der Waals surface area contributed by atoms with E-state index < -0.39 is 11.6 Å². The molecule has 3 fully saturated rings. The van der Waals surface area contributed by atoms with E-state index in [9.17, 15) is 19.5 Å². The van der Waals surface area contributed by atoms with Crippen molar-refractivity contribution in [1.82, 2.24) is 15.1 Å². The van der Waals surface area contributed by atoms with Crippen LogP contribution in [-0.2, 0) is 39.5 Å². The number of ether oxygens (including phenoxy) is 1. The summed E-state index contributed by atoms with van der Waals surface area (Å²) in [5.41, 5.74) is 9.87. The highest BCUT2D eigenvalue weighted by atomic mass is 16.5. The van der Waals surface area contributed by atoms with Crippen LogP contribution in [0, 0.1) is 5.92 Å². The number of imide groups is 1. The molecule has 10 nitrogen and oxygen atoms in total. The van der Waals surface area contributed by atoms with E-state index in [2.05, 4.69) is 80.7 Å². The number of nitrogens with one attached hydrogen (secondary N) is 1. The number of piperazine rings is 1. The highest BCUT2D eigenvalue weighted by Gasteiger charge is 2.50. The normalized spacial score (nSPS) is 25.4. The number of aromatic hydroxyl groups is 1. The lowest BCUT2D eigenvalue weighted by atomic mass is 9.71. The topological polar surface area (TPSA) is 106 Å². The van der Waals surface area contributed by atoms with E-state index in [1.165, 1.54) is 40.8 Å². The maximum atomic E-state index is 13.2. The third kappa shape index (κ3) is 6.14. The van der Waals surface area contributed by atoms with Gasteiger partial charge in [0, 0.05) is 81.6 Å². The first-order valence-corrected chi connectivity index (χ1v) is 20.5. The minimum Gasteiger partial charge on any atom is -0.508 e. The van der Waals surface area contributed by atoms with E-state index in [-0.39, 0.29) is 35.8 Å². The second kappa shape index (κ2) is 14.1. The Bertz CT molecular complexity index is 2190. The van der Waals surface area contributed by atoms with Crippen LogP contribution in [0.25, 0.3) is 0 Å². The molecule has 4 aromatic carbocycles. The van der Waals surface area contributed by atoms with Gasteiger partial charge in [-0.15, -0.1) is 0 Å². The lowest BCUT2D eigenvalue weighted by molar-refractivity contribution is -0.136. The van der Waals surface area contributed by atoms with Crippen LogP contribution < -0.4 is 15.1 Å². The number of hydrogen-bond acceptors (Lipinski definition) is 8. The zero-order valence-electron chi connectivity index (χ0n) is 31.8. The average molecular weight is 752 g/mol. The van der Waals surface area contributed by atoms with Gasteiger partial charge in [-0.3, -0.25) is 24.6 Å². The van der Waals surface area contributed by atoms with Crippen molar-refractivity contribution in [3.05, 3.63) is 124 Å². The second-order valence-electron chi connectivity index (χ2n) is 16.7. The van der Waals surface area contributed by atoms with E-state index in [0.717, 1.165) is 75.5 Å². The molecule has 0 unspecified atom stereocenters. The van der Waals surface area contributed by atoms with Crippen LogP contribution in [0.2, 0.25) is 0 Å². The number of amides is 3. The number of piperidine rings is 2. The molecule has 1 spiro atoms. The summed E-state index contributed by atoms with van der Waals surface area (Å²) in [7, 11) is 0. The van der Waals surface area contributed by atoms with Crippen molar-refractivity contribution in [3.63, 3.8) is 0 Å². The molecule has 5 heterocycles. The Kier molecular flexibility index (Phi) is 8.86. The lowest BCUT2D eigenvalue weighted by Gasteiger charge is -2.44. The average Bonchev–Trinajstić information content (AvgIpc) is 3.75. The number of benzene rings is 4. The van der Waals surface area contributed by atoms with Gasteiger partial charge < -0.3 is 24.5 Å². The molecular formula is C46H49N5O5. The third-order valence-electron chi connectivity index (χ3n) is 13.6. The van der Waals surface area contributed by atoms with Gasteiger partial charge in [0.15, 0.2) is 0 Å². The first-order chi connectivity index (χ1) is 27.3. The van der Waals surface area contributed by atoms with E-state index in [4.69, 9.17) is 4.74 Å². The van der Waals surface area contributed by atoms with Crippen LogP contribution in [0.15, 0.2) is 84.9 Å². The van der Waals surface area contributed by atoms with Crippen LogP contribution in [-0.4, -0.2) is 84.5 Å². The molecule has 2 N–H and O–H groups in total. The largest absolute Gasteiger partial charge is 0.508 e. The highest BCUT2D eigenvalue weighted by Crippen LogP contribution is 2.56. The molecule has 0 radical (unpaired) electrons. The molecule has 3 amide bonds. The number of fused-ring (bicyclic) bond motifs is 4. The zero-order valence-corrected chi connectivity index (χ0v) is 31.8. The molecule has 6 aliphatic rings. The monoisotopic (exact) mass is 751 g/mol. The van der Waals surface area contributed by atoms with Crippen LogP contribution in [0.5, 0.6) is 5.75 Å². The molecule has 0 bridgehead atoms. The number of carbonyl (C=O) groups is 3. The number of phenolic OH excluding ortho intramolecular Hbond substituents is 1. The summed E-state index contributed by atoms with van der Waals surface area (Å²) in [5, 5.41) is 12.7. The Morgan fingerprint density at radius 3 is 2.32 bits per heavy atom. The molecule has 0 saturated carbocycles. The number of hydrogen-bond donors (Lipinski definition) is 2. The number of phenols is 1. The Morgan fingerprint density at radius 1 is 0.750 bits per heavy atom. The van der Waals surface area contributed by atoms with Crippen LogP contribution >= 0.6 is 0 Å². The highest BCUT2D eigenvalue weighted by molar-refractivity contribution is 6.05. The zero-order chi connectivity index (χ0) is 38.0. The minimum absolute atomic E-state index is 0.0537. The summed E-state index contributed by atoms with van der Waals surface area (Å²) < 4.78 is 6.84. The first kappa shape index (κ1) is 35.2. The van der Waals surface area contributed by atoms with Crippen molar-refractivity contribution in [2.24, 2.45) is 5.92 Å². The molecule has 0 aromatic heterocycles.